The van der Waals surface area contributed by atoms with E-state index in [9.17, 15) is 4.79 Å². The fourth-order valence-electron chi connectivity index (χ4n) is 4.36. The number of hydrogen-bond donors (Lipinski definition) is 0. The van der Waals surface area contributed by atoms with Crippen LogP contribution in [0.3, 0.4) is 0 Å². The molecule has 2 aromatic rings. The van der Waals surface area contributed by atoms with E-state index in [1.807, 2.05) is 23.1 Å². The molecule has 124 valence electrons. The first-order valence-corrected chi connectivity index (χ1v) is 9.32. The molecule has 0 radical (unpaired) electrons. The number of likely N-dealkylation sites (tertiary alicyclic amines) is 1. The summed E-state index contributed by atoms with van der Waals surface area (Å²) in [5.74, 6) is 0.242. The maximum atomic E-state index is 12.3. The van der Waals surface area contributed by atoms with E-state index in [2.05, 4.69) is 22.4 Å². The van der Waals surface area contributed by atoms with Crippen molar-refractivity contribution in [3.8, 4) is 11.3 Å². The molecule has 1 aromatic carbocycles. The number of ether oxygens (including phenoxy) is 1. The van der Waals surface area contributed by atoms with Gasteiger partial charge < -0.3 is 9.64 Å². The largest absolute Gasteiger partial charge is 0.352 e. The van der Waals surface area contributed by atoms with E-state index in [4.69, 9.17) is 9.72 Å². The zero-order chi connectivity index (χ0) is 16.1. The fourth-order valence-corrected chi connectivity index (χ4v) is 5.19. The van der Waals surface area contributed by atoms with Crippen LogP contribution in [-0.2, 0) is 16.1 Å². The molecule has 3 saturated heterocycles. The Bertz CT molecular complexity index is 778. The van der Waals surface area contributed by atoms with Crippen molar-refractivity contribution in [1.29, 1.82) is 0 Å². The lowest BCUT2D eigenvalue weighted by atomic mass is 10.1. The van der Waals surface area contributed by atoms with Crippen LogP contribution in [0.5, 0.6) is 0 Å². The first kappa shape index (κ1) is 14.6. The van der Waals surface area contributed by atoms with Crippen molar-refractivity contribution in [2.24, 2.45) is 0 Å². The van der Waals surface area contributed by atoms with E-state index in [1.165, 1.54) is 0 Å². The van der Waals surface area contributed by atoms with Gasteiger partial charge in [-0.3, -0.25) is 9.69 Å². The molecule has 0 saturated carbocycles. The highest BCUT2D eigenvalue weighted by Gasteiger charge is 2.61. The van der Waals surface area contributed by atoms with Crippen molar-refractivity contribution < 1.29 is 9.53 Å². The number of carbonyl (C=O) groups excluding carboxylic acids is 1. The first-order chi connectivity index (χ1) is 11.8. The third kappa shape index (κ3) is 2.06. The number of carbonyl (C=O) groups is 1. The molecule has 4 heterocycles. The third-order valence-corrected chi connectivity index (χ3v) is 6.30. The van der Waals surface area contributed by atoms with Crippen molar-refractivity contribution >= 4 is 17.2 Å². The van der Waals surface area contributed by atoms with Crippen LogP contribution in [0.4, 0.5) is 0 Å². The Kier molecular flexibility index (Phi) is 3.26. The van der Waals surface area contributed by atoms with Gasteiger partial charge in [0.1, 0.15) is 5.01 Å². The highest BCUT2D eigenvalue weighted by molar-refractivity contribution is 7.09. The van der Waals surface area contributed by atoms with Crippen LogP contribution in [0, 0.1) is 0 Å². The lowest BCUT2D eigenvalue weighted by Crippen LogP contribution is -2.47. The molecule has 2 atom stereocenters. The number of rotatable bonds is 3. The molecule has 3 aliphatic heterocycles. The smallest absolute Gasteiger partial charge is 0.226 e. The van der Waals surface area contributed by atoms with Crippen molar-refractivity contribution in [2.75, 3.05) is 19.7 Å². The summed E-state index contributed by atoms with van der Waals surface area (Å²) in [5, 5.41) is 3.23. The molecule has 1 spiro atoms. The number of nitrogens with zero attached hydrogens (tertiary/aromatic N) is 3. The highest BCUT2D eigenvalue weighted by Crippen LogP contribution is 2.46. The molecule has 1 aromatic heterocycles. The monoisotopic (exact) mass is 341 g/mol. The summed E-state index contributed by atoms with van der Waals surface area (Å²) < 4.78 is 6.05. The summed E-state index contributed by atoms with van der Waals surface area (Å²) in [6, 6.07) is 10.4. The van der Waals surface area contributed by atoms with Gasteiger partial charge in [-0.15, -0.1) is 11.3 Å². The Hall–Kier alpha value is -1.76. The van der Waals surface area contributed by atoms with Gasteiger partial charge in [-0.1, -0.05) is 30.3 Å². The van der Waals surface area contributed by atoms with Crippen LogP contribution in [0.2, 0.25) is 0 Å². The number of hydrogen-bond acceptors (Lipinski definition) is 5. The number of aromatic nitrogens is 1. The van der Waals surface area contributed by atoms with Crippen molar-refractivity contribution in [1.82, 2.24) is 14.8 Å². The van der Waals surface area contributed by atoms with Gasteiger partial charge in [0.25, 0.3) is 0 Å². The van der Waals surface area contributed by atoms with Crippen LogP contribution in [0.25, 0.3) is 11.3 Å². The standard InChI is InChI=1S/C18H19N3O2S/c22-17-10-15-18(21(17)8-9-23-18)6-7-20(15)11-16-19-14(12-24-16)13-4-2-1-3-5-13/h1-5,12,15H,6-11H2/t15-,18+/m1/s1. The molecule has 5 nitrogen and oxygen atoms in total. The maximum absolute atomic E-state index is 12.3. The van der Waals surface area contributed by atoms with E-state index < -0.39 is 0 Å². The Morgan fingerprint density at radius 2 is 2.17 bits per heavy atom. The predicted octanol–water partition coefficient (Wildman–Crippen LogP) is 2.34. The van der Waals surface area contributed by atoms with Gasteiger partial charge in [0, 0.05) is 36.9 Å². The van der Waals surface area contributed by atoms with Gasteiger partial charge in [0.2, 0.25) is 5.91 Å². The third-order valence-electron chi connectivity index (χ3n) is 5.47. The van der Waals surface area contributed by atoms with Crippen LogP contribution < -0.4 is 0 Å². The second kappa shape index (κ2) is 5.37. The molecular formula is C18H19N3O2S. The van der Waals surface area contributed by atoms with Crippen LogP contribution in [0.15, 0.2) is 35.7 Å². The molecule has 0 aliphatic carbocycles. The minimum Gasteiger partial charge on any atom is -0.352 e. The van der Waals surface area contributed by atoms with Crippen molar-refractivity contribution in [2.45, 2.75) is 31.2 Å². The summed E-state index contributed by atoms with van der Waals surface area (Å²) in [5.41, 5.74) is 1.83. The molecule has 3 fully saturated rings. The lowest BCUT2D eigenvalue weighted by Gasteiger charge is -2.31. The topological polar surface area (TPSA) is 45.7 Å². The van der Waals surface area contributed by atoms with E-state index in [0.717, 1.165) is 42.3 Å². The summed E-state index contributed by atoms with van der Waals surface area (Å²) in [6.45, 7) is 3.19. The SMILES string of the molecule is O=C1C[C@H]2N(Cc3nc(-c4ccccc4)cs3)CC[C@]23OCCN13. The fraction of sp³-hybridized carbons (Fsp3) is 0.444. The van der Waals surface area contributed by atoms with Gasteiger partial charge in [-0.2, -0.15) is 0 Å². The molecule has 0 bridgehead atoms. The predicted molar refractivity (Wildman–Crippen MR) is 91.4 cm³/mol. The summed E-state index contributed by atoms with van der Waals surface area (Å²) >= 11 is 1.70. The van der Waals surface area contributed by atoms with Crippen LogP contribution in [0.1, 0.15) is 17.8 Å². The minimum atomic E-state index is -0.351. The number of thiazole rings is 1. The van der Waals surface area contributed by atoms with E-state index in [1.54, 1.807) is 11.3 Å². The van der Waals surface area contributed by atoms with E-state index >= 15 is 0 Å². The van der Waals surface area contributed by atoms with Gasteiger partial charge >= 0.3 is 0 Å². The molecule has 6 heteroatoms. The van der Waals surface area contributed by atoms with Gasteiger partial charge in [0.15, 0.2) is 5.72 Å². The van der Waals surface area contributed by atoms with E-state index in [0.29, 0.717) is 13.0 Å². The molecule has 0 unspecified atom stereocenters. The molecule has 24 heavy (non-hydrogen) atoms. The lowest BCUT2D eigenvalue weighted by molar-refractivity contribution is -0.136. The normalized spacial score (nSPS) is 29.2. The van der Waals surface area contributed by atoms with Gasteiger partial charge in [0.05, 0.1) is 24.9 Å². The Labute approximate surface area is 144 Å². The molecular weight excluding hydrogens is 322 g/mol. The first-order valence-electron chi connectivity index (χ1n) is 8.45. The molecule has 3 aliphatic rings. The summed E-state index contributed by atoms with van der Waals surface area (Å²) in [7, 11) is 0. The highest BCUT2D eigenvalue weighted by atomic mass is 32.1. The molecule has 1 amide bonds. The minimum absolute atomic E-state index is 0.177. The quantitative estimate of drug-likeness (QED) is 0.860. The Balaban J connectivity index is 1.36. The average Bonchev–Trinajstić information content (AvgIpc) is 3.34. The maximum Gasteiger partial charge on any atom is 0.226 e. The zero-order valence-electron chi connectivity index (χ0n) is 13.4. The van der Waals surface area contributed by atoms with Crippen LogP contribution >= 0.6 is 11.3 Å². The Morgan fingerprint density at radius 3 is 3.04 bits per heavy atom. The van der Waals surface area contributed by atoms with Crippen molar-refractivity contribution in [3.63, 3.8) is 0 Å². The zero-order valence-corrected chi connectivity index (χ0v) is 14.2. The number of amides is 1. The molecule has 5 rings (SSSR count). The molecule has 0 N–H and O–H groups in total. The second-order valence-electron chi connectivity index (χ2n) is 6.67. The van der Waals surface area contributed by atoms with Gasteiger partial charge in [-0.25, -0.2) is 4.98 Å². The van der Waals surface area contributed by atoms with Crippen LogP contribution in [-0.4, -0.2) is 52.2 Å². The van der Waals surface area contributed by atoms with Gasteiger partial charge in [-0.05, 0) is 0 Å². The average molecular weight is 341 g/mol. The van der Waals surface area contributed by atoms with Crippen molar-refractivity contribution in [3.05, 3.63) is 40.7 Å². The number of benzene rings is 1. The summed E-state index contributed by atoms with van der Waals surface area (Å²) in [6.07, 6.45) is 1.50. The van der Waals surface area contributed by atoms with E-state index in [-0.39, 0.29) is 17.7 Å². The second-order valence-corrected chi connectivity index (χ2v) is 7.61. The Morgan fingerprint density at radius 1 is 1.29 bits per heavy atom. The summed E-state index contributed by atoms with van der Waals surface area (Å²) in [4.78, 5) is 21.4.